The number of hydrogen-bond donors (Lipinski definition) is 3. The van der Waals surface area contributed by atoms with Crippen LogP contribution in [0.4, 0.5) is 17.5 Å². The summed E-state index contributed by atoms with van der Waals surface area (Å²) in [7, 11) is 1.64. The number of rotatable bonds is 7. The van der Waals surface area contributed by atoms with E-state index in [1.54, 1.807) is 7.11 Å². The lowest BCUT2D eigenvalue weighted by molar-refractivity contribution is -0.119. The average molecular weight is 426 g/mol. The zero-order valence-corrected chi connectivity index (χ0v) is 18.0. The van der Waals surface area contributed by atoms with Crippen molar-refractivity contribution in [2.45, 2.75) is 56.6 Å². The van der Waals surface area contributed by atoms with Gasteiger partial charge in [0.15, 0.2) is 0 Å². The summed E-state index contributed by atoms with van der Waals surface area (Å²) >= 11 is 0. The number of aliphatic hydroxyl groups excluding tert-OH is 1. The summed E-state index contributed by atoms with van der Waals surface area (Å²) in [5.41, 5.74) is 1.96. The molecule has 31 heavy (non-hydrogen) atoms. The van der Waals surface area contributed by atoms with Crippen LogP contribution in [-0.2, 0) is 4.79 Å². The topological polar surface area (TPSA) is 99.6 Å². The lowest BCUT2D eigenvalue weighted by Gasteiger charge is -2.32. The van der Waals surface area contributed by atoms with Gasteiger partial charge in [-0.05, 0) is 56.6 Å². The number of likely N-dealkylation sites (tertiary alicyclic amines) is 1. The first-order valence-electron chi connectivity index (χ1n) is 11.1. The highest BCUT2D eigenvalue weighted by molar-refractivity contribution is 5.59. The van der Waals surface area contributed by atoms with Crippen molar-refractivity contribution in [1.82, 2.24) is 14.9 Å². The van der Waals surface area contributed by atoms with Crippen molar-refractivity contribution >= 4 is 23.9 Å². The molecule has 2 aromatic rings. The Balaban J connectivity index is 1.55. The molecule has 1 saturated heterocycles. The summed E-state index contributed by atoms with van der Waals surface area (Å²) in [5, 5.41) is 16.7. The van der Waals surface area contributed by atoms with Gasteiger partial charge >= 0.3 is 0 Å². The molecule has 0 unspecified atom stereocenters. The van der Waals surface area contributed by atoms with Gasteiger partial charge in [-0.2, -0.15) is 4.98 Å². The molecule has 0 spiro atoms. The zero-order chi connectivity index (χ0) is 21.6. The Hall–Kier alpha value is -2.87. The van der Waals surface area contributed by atoms with Crippen LogP contribution in [0.15, 0.2) is 30.5 Å². The van der Waals surface area contributed by atoms with E-state index in [1.807, 2.05) is 35.4 Å². The number of anilines is 3. The number of piperidine rings is 1. The normalized spacial score (nSPS) is 22.1. The molecule has 8 nitrogen and oxygen atoms in total. The summed E-state index contributed by atoms with van der Waals surface area (Å²) in [6.45, 7) is 1.51. The molecular formula is C23H31N5O3. The maximum Gasteiger partial charge on any atom is 0.229 e. The first-order chi connectivity index (χ1) is 15.1. The van der Waals surface area contributed by atoms with Crippen molar-refractivity contribution in [2.75, 3.05) is 30.8 Å². The van der Waals surface area contributed by atoms with E-state index >= 15 is 0 Å². The van der Waals surface area contributed by atoms with Crippen LogP contribution >= 0.6 is 0 Å². The molecule has 1 aliphatic carbocycles. The van der Waals surface area contributed by atoms with E-state index < -0.39 is 0 Å². The first-order valence-corrected chi connectivity index (χ1v) is 11.1. The Bertz CT molecular complexity index is 877. The first kappa shape index (κ1) is 21.4. The van der Waals surface area contributed by atoms with Gasteiger partial charge in [0.1, 0.15) is 11.6 Å². The summed E-state index contributed by atoms with van der Waals surface area (Å²) in [5.74, 6) is 2.47. The number of benzene rings is 1. The van der Waals surface area contributed by atoms with Crippen LogP contribution in [0.25, 0.3) is 0 Å². The Labute approximate surface area is 183 Å². The van der Waals surface area contributed by atoms with Gasteiger partial charge < -0.3 is 25.4 Å². The molecule has 1 aromatic heterocycles. The van der Waals surface area contributed by atoms with Crippen molar-refractivity contribution in [3.8, 4) is 5.75 Å². The summed E-state index contributed by atoms with van der Waals surface area (Å²) < 4.78 is 5.30. The lowest BCUT2D eigenvalue weighted by atomic mass is 9.89. The van der Waals surface area contributed by atoms with E-state index in [1.165, 1.54) is 0 Å². The maximum absolute atomic E-state index is 11.1. The smallest absolute Gasteiger partial charge is 0.229 e. The van der Waals surface area contributed by atoms with Gasteiger partial charge in [0.05, 0.1) is 13.2 Å². The van der Waals surface area contributed by atoms with Crippen LogP contribution in [-0.4, -0.2) is 58.7 Å². The fraction of sp³-hybridized carbons (Fsp3) is 0.522. The predicted octanol–water partition coefficient (Wildman–Crippen LogP) is 3.28. The molecule has 1 aromatic carbocycles. The Morgan fingerprint density at radius 3 is 2.65 bits per heavy atom. The van der Waals surface area contributed by atoms with Crippen LogP contribution in [0.2, 0.25) is 0 Å². The van der Waals surface area contributed by atoms with Crippen LogP contribution in [0.5, 0.6) is 5.75 Å². The molecule has 0 bridgehead atoms. The highest BCUT2D eigenvalue weighted by Gasteiger charge is 2.26. The highest BCUT2D eigenvalue weighted by atomic mass is 16.5. The van der Waals surface area contributed by atoms with Crippen molar-refractivity contribution in [2.24, 2.45) is 0 Å². The molecule has 0 radical (unpaired) electrons. The van der Waals surface area contributed by atoms with E-state index in [-0.39, 0.29) is 12.1 Å². The Morgan fingerprint density at radius 2 is 1.94 bits per heavy atom. The molecule has 2 fully saturated rings. The zero-order valence-electron chi connectivity index (χ0n) is 18.0. The van der Waals surface area contributed by atoms with Crippen molar-refractivity contribution in [1.29, 1.82) is 0 Å². The van der Waals surface area contributed by atoms with Crippen LogP contribution in [0.3, 0.4) is 0 Å². The van der Waals surface area contributed by atoms with E-state index in [4.69, 9.17) is 9.72 Å². The number of nitrogens with one attached hydrogen (secondary N) is 2. The number of methoxy groups -OCH3 is 1. The van der Waals surface area contributed by atoms with Crippen LogP contribution in [0.1, 0.15) is 50.0 Å². The quantitative estimate of drug-likeness (QED) is 0.586. The molecule has 0 atom stereocenters. The molecule has 3 N–H and O–H groups in total. The minimum absolute atomic E-state index is 0.194. The van der Waals surface area contributed by atoms with Gasteiger partial charge in [0, 0.05) is 42.6 Å². The van der Waals surface area contributed by atoms with E-state index in [9.17, 15) is 9.90 Å². The van der Waals surface area contributed by atoms with Crippen molar-refractivity contribution in [3.63, 3.8) is 0 Å². The minimum Gasteiger partial charge on any atom is -0.497 e. The molecule has 8 heteroatoms. The second-order valence-electron chi connectivity index (χ2n) is 8.42. The molecule has 1 aliphatic heterocycles. The minimum atomic E-state index is -0.194. The van der Waals surface area contributed by atoms with Gasteiger partial charge in [-0.1, -0.05) is 6.07 Å². The lowest BCUT2D eigenvalue weighted by Crippen LogP contribution is -2.33. The average Bonchev–Trinajstić information content (AvgIpc) is 2.81. The van der Waals surface area contributed by atoms with E-state index in [0.717, 1.165) is 80.8 Å². The highest BCUT2D eigenvalue weighted by Crippen LogP contribution is 2.34. The third kappa shape index (κ3) is 5.44. The number of aliphatic hydroxyl groups is 1. The number of hydrogen-bond acceptors (Lipinski definition) is 7. The molecule has 2 heterocycles. The number of aromatic nitrogens is 2. The fourth-order valence-electron chi connectivity index (χ4n) is 4.43. The van der Waals surface area contributed by atoms with Gasteiger partial charge in [0.2, 0.25) is 12.4 Å². The molecule has 4 rings (SSSR count). The SMILES string of the molecule is COc1cccc(Nc2ncc(C3CCN(C=O)CC3)c(N[C@H]3CC[C@H](O)CC3)n2)c1. The van der Waals surface area contributed by atoms with E-state index in [0.29, 0.717) is 11.9 Å². The summed E-state index contributed by atoms with van der Waals surface area (Å²) in [4.78, 5) is 22.3. The van der Waals surface area contributed by atoms with E-state index in [2.05, 4.69) is 15.6 Å². The second-order valence-corrected chi connectivity index (χ2v) is 8.42. The number of carbonyl (C=O) groups excluding carboxylic acids is 1. The molecule has 166 valence electrons. The van der Waals surface area contributed by atoms with Crippen LogP contribution in [0, 0.1) is 0 Å². The standard InChI is InChI=1S/C23H31N5O3/c1-31-20-4-2-3-18(13-20)26-23-24-14-21(16-9-11-28(15-29)12-10-16)22(27-23)25-17-5-7-19(30)8-6-17/h2-4,13-17,19,30H,5-12H2,1H3,(H2,24,25,26,27)/t17-,19-. The Kier molecular flexibility index (Phi) is 6.86. The number of nitrogens with zero attached hydrogens (tertiary/aromatic N) is 3. The largest absolute Gasteiger partial charge is 0.497 e. The second kappa shape index (κ2) is 9.96. The number of amides is 1. The Morgan fingerprint density at radius 1 is 1.16 bits per heavy atom. The third-order valence-electron chi connectivity index (χ3n) is 6.30. The number of ether oxygens (including phenoxy) is 1. The van der Waals surface area contributed by atoms with Gasteiger partial charge in [0.25, 0.3) is 0 Å². The van der Waals surface area contributed by atoms with Crippen molar-refractivity contribution < 1.29 is 14.6 Å². The molecule has 2 aliphatic rings. The van der Waals surface area contributed by atoms with Gasteiger partial charge in [-0.15, -0.1) is 0 Å². The van der Waals surface area contributed by atoms with Crippen molar-refractivity contribution in [3.05, 3.63) is 36.0 Å². The van der Waals surface area contributed by atoms with Gasteiger partial charge in [-0.3, -0.25) is 4.79 Å². The van der Waals surface area contributed by atoms with Gasteiger partial charge in [-0.25, -0.2) is 4.98 Å². The number of carbonyl (C=O) groups is 1. The monoisotopic (exact) mass is 425 g/mol. The fourth-order valence-corrected chi connectivity index (χ4v) is 4.43. The molecule has 1 saturated carbocycles. The maximum atomic E-state index is 11.1. The summed E-state index contributed by atoms with van der Waals surface area (Å²) in [6.07, 6.45) is 7.93. The third-order valence-corrected chi connectivity index (χ3v) is 6.30. The molecule has 1 amide bonds. The molecular weight excluding hydrogens is 394 g/mol. The summed E-state index contributed by atoms with van der Waals surface area (Å²) in [6, 6.07) is 7.96. The predicted molar refractivity (Wildman–Crippen MR) is 120 cm³/mol. The van der Waals surface area contributed by atoms with Crippen LogP contribution < -0.4 is 15.4 Å².